The van der Waals surface area contributed by atoms with Crippen molar-refractivity contribution < 1.29 is 0 Å². The summed E-state index contributed by atoms with van der Waals surface area (Å²) in [5.74, 6) is 0. The topological polar surface area (TPSA) is 44.4 Å². The molecule has 0 spiro atoms. The predicted molar refractivity (Wildman–Crippen MR) is 542 cm³/mol. The van der Waals surface area contributed by atoms with Crippen molar-refractivity contribution in [3.8, 4) is 51.2 Å². The van der Waals surface area contributed by atoms with Crippen LogP contribution in [0.2, 0.25) is 0 Å². The number of rotatable bonds is 9. The number of hydrogen-bond acceptors (Lipinski definition) is 0. The zero-order valence-corrected chi connectivity index (χ0v) is 69.8. The summed E-state index contributed by atoms with van der Waals surface area (Å²) in [5.41, 5.74) is 31.4. The first kappa shape index (κ1) is 71.1. The molecule has 0 saturated carbocycles. The Bertz CT molecular complexity index is 9550. The molecule has 9 heteroatoms. The van der Waals surface area contributed by atoms with Gasteiger partial charge in [0.05, 0.1) is 111 Å². The van der Waals surface area contributed by atoms with Gasteiger partial charge in [0.15, 0.2) is 0 Å². The summed E-state index contributed by atoms with van der Waals surface area (Å²) in [4.78, 5) is 0. The van der Waals surface area contributed by atoms with Crippen molar-refractivity contribution in [1.29, 1.82) is 0 Å². The highest BCUT2D eigenvalue weighted by Crippen LogP contribution is 2.50. The maximum absolute atomic E-state index is 2.51. The van der Waals surface area contributed by atoms with Gasteiger partial charge in [-0.25, -0.2) is 0 Å². The van der Waals surface area contributed by atoms with Crippen molar-refractivity contribution in [2.24, 2.45) is 0 Å². The summed E-state index contributed by atoms with van der Waals surface area (Å²) in [6, 6.07) is 167. The minimum atomic E-state index is 1.10. The molecule has 0 bridgehead atoms. The molecule has 0 radical (unpaired) electrons. The zero-order chi connectivity index (χ0) is 84.2. The SMILES string of the molecule is c1ccc(-n2c3ccccc3c3c4c5cc(-n6c7ccccc7c7ccccc76)cc(-n6c7ccccc7c7ccccc76)c5n(-c5ccccc5)c4ccc32)cc1.c1ccc(-n2c3ccccc3c3c4c5ccccc5n(-c5ccc(-n6c7ccccc7c7cc(-n8c9ccccc9c9ccccc98)cc(-n8c9ccccc9c9ccccc98)c76)cc5)c4ccc32)cc1. The molecule has 29 rings (SSSR count). The Morgan fingerprint density at radius 1 is 0.101 bits per heavy atom. The second kappa shape index (κ2) is 27.5. The van der Waals surface area contributed by atoms with E-state index in [-0.39, 0.29) is 0 Å². The fourth-order valence-electron chi connectivity index (χ4n) is 22.5. The fraction of sp³-hybridized carbons (Fsp3) is 0. The molecule has 9 heterocycles. The third kappa shape index (κ3) is 10.1. The van der Waals surface area contributed by atoms with Crippen LogP contribution in [0.1, 0.15) is 0 Å². The van der Waals surface area contributed by atoms with E-state index in [0.717, 1.165) is 62.2 Å². The first-order valence-electron chi connectivity index (χ1n) is 44.4. The Morgan fingerprint density at radius 2 is 0.279 bits per heavy atom. The smallest absolute Gasteiger partial charge is 0.0784 e. The van der Waals surface area contributed by atoms with Gasteiger partial charge in [-0.05, 0) is 182 Å². The normalized spacial score (nSPS) is 12.2. The predicted octanol–water partition coefficient (Wildman–Crippen LogP) is 31.2. The number of benzene rings is 20. The maximum atomic E-state index is 2.51. The quantitative estimate of drug-likeness (QED) is 0.138. The third-order valence-electron chi connectivity index (χ3n) is 27.6. The number of hydrogen-bond donors (Lipinski definition) is 0. The molecule has 0 amide bonds. The molecule has 9 nitrogen and oxygen atoms in total. The van der Waals surface area contributed by atoms with Gasteiger partial charge in [-0.2, -0.15) is 0 Å². The molecule has 0 unspecified atom stereocenters. The van der Waals surface area contributed by atoms with Crippen LogP contribution in [0.15, 0.2) is 455 Å². The Labute approximate surface area is 738 Å². The van der Waals surface area contributed by atoms with Crippen molar-refractivity contribution in [3.05, 3.63) is 455 Å². The molecule has 0 N–H and O–H groups in total. The summed E-state index contributed by atoms with van der Waals surface area (Å²) >= 11 is 0. The van der Waals surface area contributed by atoms with E-state index < -0.39 is 0 Å². The van der Waals surface area contributed by atoms with Crippen LogP contribution in [-0.4, -0.2) is 41.1 Å². The van der Waals surface area contributed by atoms with Gasteiger partial charge >= 0.3 is 0 Å². The average Bonchev–Trinajstić information content (AvgIpc) is 1.50. The minimum Gasteiger partial charge on any atom is -0.309 e. The van der Waals surface area contributed by atoms with Gasteiger partial charge in [0.25, 0.3) is 0 Å². The number of fused-ring (bicyclic) bond motifs is 29. The Hall–Kier alpha value is -17.4. The standard InChI is InChI=1S/C66H41N5.C54H34N4/c1-2-18-42(19-3-1)67-59-32-16-9-25-51(59)64-61(67)38-39-62-65(64)52-26-10-17-33-60(52)68(62)43-34-36-44(37-35-43)70-56-29-13-8-24-50(56)53-40-45(69-54-27-11-4-20-46(54)47-21-5-12-28-55(47)69)41-63(66(53)70)71-57-30-14-6-22-48(57)49-23-7-15-31-58(49)71;1-3-17-35(18-4-1)55-48-30-16-11-25-42(48)52-49(55)31-32-50-53(52)43-33-37(56-44-26-12-7-21-38(44)39-22-8-13-27-45(39)56)34-51(54(43)57(50)36-19-5-2-6-20-36)58-46-28-14-9-23-40(46)41-24-10-15-29-47(41)58/h1-41H;1-34H. The first-order valence-corrected chi connectivity index (χ1v) is 44.4. The monoisotopic (exact) mass is 1640 g/mol. The van der Waals surface area contributed by atoms with Crippen molar-refractivity contribution in [2.45, 2.75) is 0 Å². The number of nitrogens with zero attached hydrogens (tertiary/aromatic N) is 9. The second-order valence-corrected chi connectivity index (χ2v) is 34.2. The summed E-state index contributed by atoms with van der Waals surface area (Å²) in [7, 11) is 0. The van der Waals surface area contributed by atoms with E-state index in [4.69, 9.17) is 0 Å². The molecule has 129 heavy (non-hydrogen) atoms. The van der Waals surface area contributed by atoms with Gasteiger partial charge in [0, 0.05) is 137 Å². The summed E-state index contributed by atoms with van der Waals surface area (Å²) < 4.78 is 22.2. The highest BCUT2D eigenvalue weighted by Gasteiger charge is 2.30. The Kier molecular flexibility index (Phi) is 15.2. The van der Waals surface area contributed by atoms with Crippen LogP contribution < -0.4 is 0 Å². The molecule has 0 atom stereocenters. The van der Waals surface area contributed by atoms with E-state index in [9.17, 15) is 0 Å². The van der Waals surface area contributed by atoms with Crippen LogP contribution in [0.3, 0.4) is 0 Å². The van der Waals surface area contributed by atoms with E-state index in [1.54, 1.807) is 0 Å². The number of aromatic nitrogens is 9. The van der Waals surface area contributed by atoms with Gasteiger partial charge < -0.3 is 41.1 Å². The molecule has 0 fully saturated rings. The van der Waals surface area contributed by atoms with E-state index in [2.05, 4.69) is 496 Å². The highest BCUT2D eigenvalue weighted by atomic mass is 15.1. The minimum absolute atomic E-state index is 1.10. The lowest BCUT2D eigenvalue weighted by molar-refractivity contribution is 1.11. The van der Waals surface area contributed by atoms with E-state index in [1.165, 1.54) is 185 Å². The zero-order valence-electron chi connectivity index (χ0n) is 69.8. The summed E-state index contributed by atoms with van der Waals surface area (Å²) in [6.07, 6.45) is 0. The molecular weight excluding hydrogens is 1570 g/mol. The van der Waals surface area contributed by atoms with Crippen molar-refractivity contribution >= 4 is 196 Å². The van der Waals surface area contributed by atoms with Gasteiger partial charge in [0.1, 0.15) is 0 Å². The van der Waals surface area contributed by atoms with Gasteiger partial charge in [-0.3, -0.25) is 0 Å². The lowest BCUT2D eigenvalue weighted by Gasteiger charge is -2.17. The van der Waals surface area contributed by atoms with Gasteiger partial charge in [0.2, 0.25) is 0 Å². The highest BCUT2D eigenvalue weighted by molar-refractivity contribution is 6.32. The maximum Gasteiger partial charge on any atom is 0.0784 e. The largest absolute Gasteiger partial charge is 0.309 e. The molecule has 600 valence electrons. The third-order valence-corrected chi connectivity index (χ3v) is 27.6. The van der Waals surface area contributed by atoms with Crippen molar-refractivity contribution in [3.63, 3.8) is 0 Å². The lowest BCUT2D eigenvalue weighted by atomic mass is 10.0. The first-order chi connectivity index (χ1) is 64.1. The van der Waals surface area contributed by atoms with Crippen LogP contribution in [0.5, 0.6) is 0 Å². The fourth-order valence-corrected chi connectivity index (χ4v) is 22.5. The van der Waals surface area contributed by atoms with Crippen LogP contribution >= 0.6 is 0 Å². The van der Waals surface area contributed by atoms with Crippen LogP contribution in [0.4, 0.5) is 0 Å². The van der Waals surface area contributed by atoms with E-state index in [0.29, 0.717) is 0 Å². The molecule has 0 aliphatic rings. The Balaban J connectivity index is 0.000000133. The summed E-state index contributed by atoms with van der Waals surface area (Å²) in [5, 5.41) is 22.3. The molecular formula is C120H75N9. The van der Waals surface area contributed by atoms with Crippen molar-refractivity contribution in [2.75, 3.05) is 0 Å². The van der Waals surface area contributed by atoms with Crippen molar-refractivity contribution in [1.82, 2.24) is 41.1 Å². The van der Waals surface area contributed by atoms with Crippen LogP contribution in [-0.2, 0) is 0 Å². The molecule has 9 aromatic heterocycles. The Morgan fingerprint density at radius 3 is 0.581 bits per heavy atom. The molecule has 0 aliphatic carbocycles. The number of para-hydroxylation sites is 15. The van der Waals surface area contributed by atoms with E-state index in [1.807, 2.05) is 0 Å². The van der Waals surface area contributed by atoms with E-state index >= 15 is 0 Å². The molecule has 29 aromatic rings. The van der Waals surface area contributed by atoms with Crippen LogP contribution in [0, 0.1) is 0 Å². The average molecular weight is 1640 g/mol. The second-order valence-electron chi connectivity index (χ2n) is 34.2. The van der Waals surface area contributed by atoms with Gasteiger partial charge in [-0.1, -0.05) is 273 Å². The molecule has 0 aliphatic heterocycles. The molecule has 0 saturated heterocycles. The van der Waals surface area contributed by atoms with Gasteiger partial charge in [-0.15, -0.1) is 0 Å². The lowest BCUT2D eigenvalue weighted by Crippen LogP contribution is -2.03. The van der Waals surface area contributed by atoms with Crippen LogP contribution in [0.25, 0.3) is 247 Å². The summed E-state index contributed by atoms with van der Waals surface area (Å²) in [6.45, 7) is 0. The molecule has 20 aromatic carbocycles.